The lowest BCUT2D eigenvalue weighted by molar-refractivity contribution is -0.126. The first-order valence-corrected chi connectivity index (χ1v) is 8.86. The molecule has 0 spiro atoms. The molecule has 6 nitrogen and oxygen atoms in total. The van der Waals surface area contributed by atoms with E-state index in [1.807, 2.05) is 43.7 Å². The Bertz CT molecular complexity index is 713. The number of benzene rings is 1. The summed E-state index contributed by atoms with van der Waals surface area (Å²) in [6.07, 6.45) is 5.81. The zero-order chi connectivity index (χ0) is 17.6. The minimum atomic E-state index is 0.0580. The number of carbonyl (C=O) groups is 1. The van der Waals surface area contributed by atoms with Crippen LogP contribution in [0.4, 0.5) is 0 Å². The zero-order valence-electron chi connectivity index (χ0n) is 14.9. The minimum absolute atomic E-state index is 0.0580. The highest BCUT2D eigenvalue weighted by molar-refractivity contribution is 5.79. The van der Waals surface area contributed by atoms with E-state index in [0.29, 0.717) is 13.2 Å². The van der Waals surface area contributed by atoms with Crippen LogP contribution in [0.1, 0.15) is 19.8 Å². The van der Waals surface area contributed by atoms with Crippen LogP contribution in [0, 0.1) is 5.92 Å². The Morgan fingerprint density at radius 2 is 2.32 bits per heavy atom. The van der Waals surface area contributed by atoms with Gasteiger partial charge in [0.2, 0.25) is 5.91 Å². The molecule has 1 aliphatic heterocycles. The number of aryl methyl sites for hydroxylation is 1. The lowest BCUT2D eigenvalue weighted by Gasteiger charge is -2.28. The lowest BCUT2D eigenvalue weighted by atomic mass is 9.91. The van der Waals surface area contributed by atoms with Crippen molar-refractivity contribution in [2.75, 3.05) is 19.7 Å². The highest BCUT2D eigenvalue weighted by Gasteiger charge is 2.26. The molecule has 2 heterocycles. The third kappa shape index (κ3) is 4.60. The van der Waals surface area contributed by atoms with Crippen LogP contribution >= 0.6 is 0 Å². The normalized spacial score (nSPS) is 20.2. The molecule has 6 heteroatoms. The van der Waals surface area contributed by atoms with Crippen molar-refractivity contribution in [3.63, 3.8) is 0 Å². The van der Waals surface area contributed by atoms with E-state index in [2.05, 4.69) is 22.7 Å². The maximum Gasteiger partial charge on any atom is 0.224 e. The summed E-state index contributed by atoms with van der Waals surface area (Å²) >= 11 is 0. The van der Waals surface area contributed by atoms with Crippen LogP contribution < -0.4 is 15.4 Å². The van der Waals surface area contributed by atoms with Crippen LogP contribution in [0.3, 0.4) is 0 Å². The first-order valence-electron chi connectivity index (χ1n) is 8.86. The van der Waals surface area contributed by atoms with Gasteiger partial charge in [-0.3, -0.25) is 9.48 Å². The van der Waals surface area contributed by atoms with Crippen LogP contribution in [-0.4, -0.2) is 41.4 Å². The number of piperidine rings is 1. The maximum absolute atomic E-state index is 12.2. The highest BCUT2D eigenvalue weighted by Crippen LogP contribution is 2.23. The molecule has 134 valence electrons. The molecule has 2 aromatic rings. The van der Waals surface area contributed by atoms with Gasteiger partial charge in [-0.2, -0.15) is 5.10 Å². The Balaban J connectivity index is 1.47. The Kier molecular flexibility index (Phi) is 5.71. The SMILES string of the molecule is C[C@H]1NCCC[C@@H]1C(=O)NCCOc1cccc(-c2cnn(C)c2)c1. The molecule has 0 bridgehead atoms. The summed E-state index contributed by atoms with van der Waals surface area (Å²) in [6, 6.07) is 8.15. The molecule has 0 aliphatic carbocycles. The molecule has 3 rings (SSSR count). The van der Waals surface area contributed by atoms with Gasteiger partial charge in [0.05, 0.1) is 18.7 Å². The topological polar surface area (TPSA) is 68.2 Å². The molecule has 1 aromatic carbocycles. The monoisotopic (exact) mass is 342 g/mol. The third-order valence-corrected chi connectivity index (χ3v) is 4.64. The van der Waals surface area contributed by atoms with Crippen LogP contribution in [0.25, 0.3) is 11.1 Å². The average molecular weight is 342 g/mol. The molecular weight excluding hydrogens is 316 g/mol. The molecule has 0 unspecified atom stereocenters. The van der Waals surface area contributed by atoms with E-state index in [-0.39, 0.29) is 17.9 Å². The van der Waals surface area contributed by atoms with Crippen molar-refractivity contribution in [2.24, 2.45) is 13.0 Å². The van der Waals surface area contributed by atoms with E-state index < -0.39 is 0 Å². The van der Waals surface area contributed by atoms with Crippen molar-refractivity contribution in [3.05, 3.63) is 36.7 Å². The quantitative estimate of drug-likeness (QED) is 0.788. The Hall–Kier alpha value is -2.34. The molecule has 1 aromatic heterocycles. The van der Waals surface area contributed by atoms with Crippen molar-refractivity contribution in [2.45, 2.75) is 25.8 Å². The first-order chi connectivity index (χ1) is 12.1. The Morgan fingerprint density at radius 1 is 1.44 bits per heavy atom. The maximum atomic E-state index is 12.2. The van der Waals surface area contributed by atoms with Gasteiger partial charge in [0, 0.05) is 24.8 Å². The van der Waals surface area contributed by atoms with E-state index in [1.54, 1.807) is 4.68 Å². The van der Waals surface area contributed by atoms with Gasteiger partial charge in [-0.05, 0) is 44.0 Å². The second-order valence-corrected chi connectivity index (χ2v) is 6.56. The molecule has 2 N–H and O–H groups in total. The number of hydrogen-bond acceptors (Lipinski definition) is 4. The van der Waals surface area contributed by atoms with Crippen LogP contribution in [0.5, 0.6) is 5.75 Å². The highest BCUT2D eigenvalue weighted by atomic mass is 16.5. The van der Waals surface area contributed by atoms with E-state index in [1.165, 1.54) is 0 Å². The van der Waals surface area contributed by atoms with Gasteiger partial charge < -0.3 is 15.4 Å². The number of rotatable bonds is 6. The van der Waals surface area contributed by atoms with Gasteiger partial charge in [0.25, 0.3) is 0 Å². The van der Waals surface area contributed by atoms with E-state index >= 15 is 0 Å². The second kappa shape index (κ2) is 8.16. The summed E-state index contributed by atoms with van der Waals surface area (Å²) in [6.45, 7) is 4.04. The molecule has 2 atom stereocenters. The molecule has 0 saturated carbocycles. The van der Waals surface area contributed by atoms with Crippen LogP contribution in [0.2, 0.25) is 0 Å². The lowest BCUT2D eigenvalue weighted by Crippen LogP contribution is -2.47. The van der Waals surface area contributed by atoms with Gasteiger partial charge in [0.1, 0.15) is 12.4 Å². The largest absolute Gasteiger partial charge is 0.492 e. The summed E-state index contributed by atoms with van der Waals surface area (Å²) in [7, 11) is 1.90. The number of amides is 1. The second-order valence-electron chi connectivity index (χ2n) is 6.56. The minimum Gasteiger partial charge on any atom is -0.492 e. The first kappa shape index (κ1) is 17.5. The molecular formula is C19H26N4O2. The molecule has 1 fully saturated rings. The van der Waals surface area contributed by atoms with E-state index in [0.717, 1.165) is 36.3 Å². The van der Waals surface area contributed by atoms with Gasteiger partial charge in [-0.25, -0.2) is 0 Å². The molecule has 0 radical (unpaired) electrons. The zero-order valence-corrected chi connectivity index (χ0v) is 14.9. The van der Waals surface area contributed by atoms with Crippen molar-refractivity contribution in [1.29, 1.82) is 0 Å². The fourth-order valence-electron chi connectivity index (χ4n) is 3.21. The fourth-order valence-corrected chi connectivity index (χ4v) is 3.21. The van der Waals surface area contributed by atoms with Crippen LogP contribution in [-0.2, 0) is 11.8 Å². The average Bonchev–Trinajstić information content (AvgIpc) is 3.06. The molecule has 1 amide bonds. The van der Waals surface area contributed by atoms with Crippen molar-refractivity contribution in [3.8, 4) is 16.9 Å². The standard InChI is InChI=1S/C19H26N4O2/c1-14-18(7-4-8-20-14)19(24)21-9-10-25-17-6-3-5-15(11-17)16-12-22-23(2)13-16/h3,5-6,11-14,18,20H,4,7-10H2,1-2H3,(H,21,24)/t14-,18+/m1/s1. The number of aromatic nitrogens is 2. The van der Waals surface area contributed by atoms with Crippen molar-refractivity contribution >= 4 is 5.91 Å². The third-order valence-electron chi connectivity index (χ3n) is 4.64. The predicted octanol–water partition coefficient (Wildman–Crippen LogP) is 1.97. The number of hydrogen-bond donors (Lipinski definition) is 2. The summed E-state index contributed by atoms with van der Waals surface area (Å²) in [5.41, 5.74) is 2.12. The molecule has 1 saturated heterocycles. The molecule has 1 aliphatic rings. The van der Waals surface area contributed by atoms with E-state index in [4.69, 9.17) is 4.74 Å². The summed E-state index contributed by atoms with van der Waals surface area (Å²) < 4.78 is 7.56. The van der Waals surface area contributed by atoms with Crippen molar-refractivity contribution in [1.82, 2.24) is 20.4 Å². The molecule has 25 heavy (non-hydrogen) atoms. The number of ether oxygens (including phenoxy) is 1. The van der Waals surface area contributed by atoms with Crippen LogP contribution in [0.15, 0.2) is 36.7 Å². The van der Waals surface area contributed by atoms with Gasteiger partial charge >= 0.3 is 0 Å². The summed E-state index contributed by atoms with van der Waals surface area (Å²) in [5.74, 6) is 0.971. The van der Waals surface area contributed by atoms with Gasteiger partial charge in [-0.15, -0.1) is 0 Å². The fraction of sp³-hybridized carbons (Fsp3) is 0.474. The number of carbonyl (C=O) groups excluding carboxylic acids is 1. The predicted molar refractivity (Wildman–Crippen MR) is 97.3 cm³/mol. The summed E-state index contributed by atoms with van der Waals surface area (Å²) in [4.78, 5) is 12.2. The van der Waals surface area contributed by atoms with Gasteiger partial charge in [0.15, 0.2) is 0 Å². The number of nitrogens with zero attached hydrogens (tertiary/aromatic N) is 2. The van der Waals surface area contributed by atoms with Crippen molar-refractivity contribution < 1.29 is 9.53 Å². The Morgan fingerprint density at radius 3 is 3.08 bits per heavy atom. The smallest absolute Gasteiger partial charge is 0.224 e. The van der Waals surface area contributed by atoms with E-state index in [9.17, 15) is 4.79 Å². The summed E-state index contributed by atoms with van der Waals surface area (Å²) in [5, 5.41) is 10.5. The van der Waals surface area contributed by atoms with Gasteiger partial charge in [-0.1, -0.05) is 12.1 Å². The number of nitrogens with one attached hydrogen (secondary N) is 2. The Labute approximate surface area is 148 Å².